The summed E-state index contributed by atoms with van der Waals surface area (Å²) >= 11 is 0. The van der Waals surface area contributed by atoms with Gasteiger partial charge in [-0.05, 0) is 35.4 Å². The predicted octanol–water partition coefficient (Wildman–Crippen LogP) is 6.75. The van der Waals surface area contributed by atoms with Gasteiger partial charge in [0.05, 0.1) is 0 Å². The van der Waals surface area contributed by atoms with Gasteiger partial charge in [0.2, 0.25) is 6.10 Å². The van der Waals surface area contributed by atoms with Gasteiger partial charge in [-0.1, -0.05) is 66.7 Å². The summed E-state index contributed by atoms with van der Waals surface area (Å²) in [5.74, 6) is 0.123. The third-order valence-electron chi connectivity index (χ3n) is 5.16. The predicted molar refractivity (Wildman–Crippen MR) is 128 cm³/mol. The zero-order valence-electron chi connectivity index (χ0n) is 18.5. The van der Waals surface area contributed by atoms with Gasteiger partial charge in [-0.15, -0.1) is 0 Å². The second kappa shape index (κ2) is 10.7. The van der Waals surface area contributed by atoms with E-state index >= 15 is 0 Å². The Morgan fingerprint density at radius 2 is 1.60 bits per heavy atom. The molecule has 0 radical (unpaired) electrons. The number of anilines is 1. The quantitative estimate of drug-likeness (QED) is 0.309. The van der Waals surface area contributed by atoms with E-state index in [0.717, 1.165) is 11.1 Å². The smallest absolute Gasteiger partial charge is 0.429 e. The van der Waals surface area contributed by atoms with Crippen LogP contribution in [0.1, 0.15) is 17.2 Å². The van der Waals surface area contributed by atoms with Crippen molar-refractivity contribution in [3.8, 4) is 16.9 Å². The summed E-state index contributed by atoms with van der Waals surface area (Å²) in [6, 6.07) is 24.2. The van der Waals surface area contributed by atoms with Gasteiger partial charge in [0.1, 0.15) is 5.75 Å². The number of halogens is 3. The van der Waals surface area contributed by atoms with Crippen LogP contribution in [-0.2, 0) is 6.54 Å². The molecule has 1 heterocycles. The average Bonchev–Trinajstić information content (AvgIpc) is 2.87. The molecule has 5 nitrogen and oxygen atoms in total. The third kappa shape index (κ3) is 6.38. The van der Waals surface area contributed by atoms with E-state index in [-0.39, 0.29) is 17.9 Å². The Labute approximate surface area is 200 Å². The molecular weight excluding hydrogens is 455 g/mol. The maximum absolute atomic E-state index is 14.0. The third-order valence-corrected chi connectivity index (χ3v) is 5.16. The van der Waals surface area contributed by atoms with Crippen LogP contribution in [0.15, 0.2) is 103 Å². The van der Waals surface area contributed by atoms with Crippen LogP contribution in [0, 0.1) is 0 Å². The summed E-state index contributed by atoms with van der Waals surface area (Å²) < 4.78 is 47.5. The number of alkyl halides is 3. The van der Waals surface area contributed by atoms with Gasteiger partial charge in [0.25, 0.3) is 0 Å². The van der Waals surface area contributed by atoms with E-state index in [1.807, 2.05) is 36.4 Å². The Morgan fingerprint density at radius 1 is 0.886 bits per heavy atom. The van der Waals surface area contributed by atoms with Crippen LogP contribution in [0.25, 0.3) is 11.1 Å². The zero-order valence-corrected chi connectivity index (χ0v) is 18.5. The highest BCUT2D eigenvalue weighted by atomic mass is 19.4. The molecule has 1 aromatic heterocycles. The summed E-state index contributed by atoms with van der Waals surface area (Å²) in [5.41, 5.74) is 2.40. The van der Waals surface area contributed by atoms with Crippen LogP contribution >= 0.6 is 0 Å². The molecule has 0 aliphatic carbocycles. The molecule has 0 fully saturated rings. The van der Waals surface area contributed by atoms with Crippen molar-refractivity contribution in [3.63, 3.8) is 0 Å². The van der Waals surface area contributed by atoms with Crippen LogP contribution in [-0.4, -0.2) is 17.2 Å². The minimum atomic E-state index is -4.65. The summed E-state index contributed by atoms with van der Waals surface area (Å²) in [5, 5.41) is 5.27. The van der Waals surface area contributed by atoms with E-state index < -0.39 is 18.3 Å². The highest BCUT2D eigenvalue weighted by Gasteiger charge is 2.43. The van der Waals surface area contributed by atoms with E-state index in [1.165, 1.54) is 30.3 Å². The molecular formula is C27H22F3N3O2. The number of benzene rings is 3. The van der Waals surface area contributed by atoms with Crippen molar-refractivity contribution in [3.05, 3.63) is 115 Å². The molecule has 0 saturated heterocycles. The topological polar surface area (TPSA) is 63.2 Å². The lowest BCUT2D eigenvalue weighted by atomic mass is 10.0. The molecule has 0 bridgehead atoms. The van der Waals surface area contributed by atoms with E-state index in [2.05, 4.69) is 15.6 Å². The lowest BCUT2D eigenvalue weighted by Gasteiger charge is -2.24. The Balaban J connectivity index is 1.48. The zero-order chi connectivity index (χ0) is 24.7. The van der Waals surface area contributed by atoms with Crippen molar-refractivity contribution in [1.29, 1.82) is 0 Å². The van der Waals surface area contributed by atoms with Crippen LogP contribution in [0.5, 0.6) is 5.75 Å². The molecule has 0 aliphatic rings. The monoisotopic (exact) mass is 477 g/mol. The summed E-state index contributed by atoms with van der Waals surface area (Å²) in [7, 11) is 0. The van der Waals surface area contributed by atoms with Crippen molar-refractivity contribution in [2.75, 3.05) is 5.32 Å². The number of pyridine rings is 1. The first-order valence-electron chi connectivity index (χ1n) is 10.8. The van der Waals surface area contributed by atoms with Gasteiger partial charge in [-0.25, -0.2) is 4.79 Å². The van der Waals surface area contributed by atoms with Crippen molar-refractivity contribution >= 4 is 11.7 Å². The Kier molecular flexibility index (Phi) is 7.30. The molecule has 4 aromatic rings. The fourth-order valence-corrected chi connectivity index (χ4v) is 3.48. The summed E-state index contributed by atoms with van der Waals surface area (Å²) in [6.45, 7) is 0.266. The van der Waals surface area contributed by atoms with E-state index in [1.54, 1.807) is 36.7 Å². The molecule has 0 spiro atoms. The fraction of sp³-hybridized carbons (Fsp3) is 0.111. The van der Waals surface area contributed by atoms with Crippen LogP contribution in [0.3, 0.4) is 0 Å². The highest BCUT2D eigenvalue weighted by Crippen LogP contribution is 2.40. The second-order valence-corrected chi connectivity index (χ2v) is 7.69. The minimum Gasteiger partial charge on any atom is -0.476 e. The number of rotatable bonds is 7. The maximum atomic E-state index is 14.0. The van der Waals surface area contributed by atoms with Crippen molar-refractivity contribution in [2.24, 2.45) is 0 Å². The number of hydrogen-bond acceptors (Lipinski definition) is 3. The van der Waals surface area contributed by atoms with E-state index in [0.29, 0.717) is 11.3 Å². The second-order valence-electron chi connectivity index (χ2n) is 7.69. The standard InChI is InChI=1S/C27H22F3N3O2/c28-27(29,30)25(35-24-11-5-4-10-23(24)20-8-2-1-3-9-20)21-12-14-22(15-13-21)33-26(34)32-18-19-7-6-16-31-17-19/h1-17,25H,18H2,(H2,32,33,34). The Hall–Kier alpha value is -4.33. The first-order chi connectivity index (χ1) is 16.9. The van der Waals surface area contributed by atoms with Crippen molar-refractivity contribution < 1.29 is 22.7 Å². The molecule has 0 aliphatic heterocycles. The average molecular weight is 477 g/mol. The number of urea groups is 1. The number of amides is 2. The first kappa shape index (κ1) is 23.8. The molecule has 1 unspecified atom stereocenters. The van der Waals surface area contributed by atoms with Gasteiger partial charge in [0, 0.05) is 35.8 Å². The largest absolute Gasteiger partial charge is 0.476 e. The van der Waals surface area contributed by atoms with Gasteiger partial charge < -0.3 is 15.4 Å². The number of nitrogens with one attached hydrogen (secondary N) is 2. The normalized spacial score (nSPS) is 12.0. The number of aromatic nitrogens is 1. The Bertz CT molecular complexity index is 1250. The minimum absolute atomic E-state index is 0.0818. The van der Waals surface area contributed by atoms with Gasteiger partial charge >= 0.3 is 12.2 Å². The summed E-state index contributed by atoms with van der Waals surface area (Å²) in [4.78, 5) is 16.1. The van der Waals surface area contributed by atoms with E-state index in [4.69, 9.17) is 4.74 Å². The number of carbonyl (C=O) groups excluding carboxylic acids is 1. The van der Waals surface area contributed by atoms with Crippen LogP contribution in [0.4, 0.5) is 23.7 Å². The lowest BCUT2D eigenvalue weighted by Crippen LogP contribution is -2.28. The van der Waals surface area contributed by atoms with Crippen LogP contribution in [0.2, 0.25) is 0 Å². The fourth-order valence-electron chi connectivity index (χ4n) is 3.48. The molecule has 4 rings (SSSR count). The van der Waals surface area contributed by atoms with Gasteiger partial charge in [-0.2, -0.15) is 13.2 Å². The van der Waals surface area contributed by atoms with Crippen molar-refractivity contribution in [1.82, 2.24) is 10.3 Å². The molecule has 35 heavy (non-hydrogen) atoms. The molecule has 0 saturated carbocycles. The number of ether oxygens (including phenoxy) is 1. The van der Waals surface area contributed by atoms with E-state index in [9.17, 15) is 18.0 Å². The number of nitrogens with zero attached hydrogens (tertiary/aromatic N) is 1. The first-order valence-corrected chi connectivity index (χ1v) is 10.8. The molecule has 8 heteroatoms. The Morgan fingerprint density at radius 3 is 2.29 bits per heavy atom. The number of para-hydroxylation sites is 1. The molecule has 178 valence electrons. The summed E-state index contributed by atoms with van der Waals surface area (Å²) in [6.07, 6.45) is -3.58. The molecule has 1 atom stereocenters. The number of carbonyl (C=O) groups is 1. The molecule has 3 aromatic carbocycles. The lowest BCUT2D eigenvalue weighted by molar-refractivity contribution is -0.197. The number of hydrogen-bond donors (Lipinski definition) is 2. The van der Waals surface area contributed by atoms with Crippen molar-refractivity contribution in [2.45, 2.75) is 18.8 Å². The highest BCUT2D eigenvalue weighted by molar-refractivity contribution is 5.89. The SMILES string of the molecule is O=C(NCc1cccnc1)Nc1ccc(C(Oc2ccccc2-c2ccccc2)C(F)(F)F)cc1. The molecule has 2 N–H and O–H groups in total. The molecule has 2 amide bonds. The van der Waals surface area contributed by atoms with Crippen LogP contribution < -0.4 is 15.4 Å². The van der Waals surface area contributed by atoms with Gasteiger partial charge in [-0.3, -0.25) is 4.98 Å². The van der Waals surface area contributed by atoms with Gasteiger partial charge in [0.15, 0.2) is 0 Å². The maximum Gasteiger partial charge on any atom is 0.429 e.